The van der Waals surface area contributed by atoms with E-state index >= 15 is 0 Å². The van der Waals surface area contributed by atoms with E-state index in [0.29, 0.717) is 12.2 Å². The first-order chi connectivity index (χ1) is 8.65. The highest BCUT2D eigenvalue weighted by Gasteiger charge is 1.98. The van der Waals surface area contributed by atoms with Gasteiger partial charge >= 0.3 is 0 Å². The van der Waals surface area contributed by atoms with Crippen LogP contribution < -0.4 is 10.5 Å². The van der Waals surface area contributed by atoms with Crippen molar-refractivity contribution in [3.05, 3.63) is 64.1 Å². The lowest BCUT2D eigenvalue weighted by Crippen LogP contribution is -2.10. The van der Waals surface area contributed by atoms with Crippen LogP contribution in [0.1, 0.15) is 11.1 Å². The topological polar surface area (TPSA) is 59.1 Å². The van der Waals surface area contributed by atoms with Gasteiger partial charge in [0.05, 0.1) is 0 Å². The highest BCUT2D eigenvalue weighted by Crippen LogP contribution is 2.15. The summed E-state index contributed by atoms with van der Waals surface area (Å²) in [4.78, 5) is 0. The molecule has 0 fully saturated rings. The molecule has 4 heteroatoms. The molecule has 2 rings (SSSR count). The molecule has 0 bridgehead atoms. The summed E-state index contributed by atoms with van der Waals surface area (Å²) in [7, 11) is 0. The molecule has 0 spiro atoms. The first kappa shape index (κ1) is 12.6. The van der Waals surface area contributed by atoms with E-state index in [-0.39, 0.29) is 5.84 Å². The van der Waals surface area contributed by atoms with Crippen molar-refractivity contribution in [1.29, 1.82) is 5.41 Å². The molecule has 92 valence electrons. The quantitative estimate of drug-likeness (QED) is 0.672. The van der Waals surface area contributed by atoms with Crippen LogP contribution in [0.2, 0.25) is 0 Å². The minimum Gasteiger partial charge on any atom is -0.489 e. The SMILES string of the molecule is N=C(N)c1ccc(OCc2ccc(Br)cc2)cc1. The van der Waals surface area contributed by atoms with Gasteiger partial charge in [-0.05, 0) is 42.0 Å². The maximum atomic E-state index is 7.29. The molecule has 0 aromatic heterocycles. The third-order valence-corrected chi connectivity index (χ3v) is 3.01. The van der Waals surface area contributed by atoms with E-state index < -0.39 is 0 Å². The van der Waals surface area contributed by atoms with Gasteiger partial charge in [0.2, 0.25) is 0 Å². The largest absolute Gasteiger partial charge is 0.489 e. The van der Waals surface area contributed by atoms with Crippen LogP contribution in [0.15, 0.2) is 53.0 Å². The lowest BCUT2D eigenvalue weighted by Gasteiger charge is -2.07. The fourth-order valence-corrected chi connectivity index (χ4v) is 1.74. The number of nitrogens with two attached hydrogens (primary N) is 1. The average molecular weight is 305 g/mol. The van der Waals surface area contributed by atoms with Gasteiger partial charge in [-0.3, -0.25) is 5.41 Å². The molecule has 2 aromatic carbocycles. The molecule has 2 aromatic rings. The van der Waals surface area contributed by atoms with Gasteiger partial charge in [-0.25, -0.2) is 0 Å². The van der Waals surface area contributed by atoms with Crippen molar-refractivity contribution < 1.29 is 4.74 Å². The Morgan fingerprint density at radius 2 is 1.67 bits per heavy atom. The Labute approximate surface area is 114 Å². The Hall–Kier alpha value is -1.81. The van der Waals surface area contributed by atoms with Crippen molar-refractivity contribution in [1.82, 2.24) is 0 Å². The minimum atomic E-state index is 0.0643. The molecule has 0 aliphatic heterocycles. The van der Waals surface area contributed by atoms with E-state index in [9.17, 15) is 0 Å². The maximum Gasteiger partial charge on any atom is 0.122 e. The average Bonchev–Trinajstić information content (AvgIpc) is 2.38. The van der Waals surface area contributed by atoms with E-state index in [1.807, 2.05) is 36.4 Å². The third kappa shape index (κ3) is 3.34. The van der Waals surface area contributed by atoms with Gasteiger partial charge in [-0.2, -0.15) is 0 Å². The lowest BCUT2D eigenvalue weighted by atomic mass is 10.2. The van der Waals surface area contributed by atoms with Crippen molar-refractivity contribution in [3.8, 4) is 5.75 Å². The van der Waals surface area contributed by atoms with Crippen molar-refractivity contribution in [2.24, 2.45) is 5.73 Å². The van der Waals surface area contributed by atoms with Crippen molar-refractivity contribution in [2.45, 2.75) is 6.61 Å². The summed E-state index contributed by atoms with van der Waals surface area (Å²) in [6.07, 6.45) is 0. The molecule has 18 heavy (non-hydrogen) atoms. The molecule has 0 aliphatic carbocycles. The minimum absolute atomic E-state index is 0.0643. The summed E-state index contributed by atoms with van der Waals surface area (Å²) in [5, 5.41) is 7.29. The van der Waals surface area contributed by atoms with Gasteiger partial charge in [-0.15, -0.1) is 0 Å². The zero-order valence-corrected chi connectivity index (χ0v) is 11.3. The Morgan fingerprint density at radius 1 is 1.06 bits per heavy atom. The molecular weight excluding hydrogens is 292 g/mol. The zero-order chi connectivity index (χ0) is 13.0. The standard InChI is InChI=1S/C14H13BrN2O/c15-12-5-1-10(2-6-12)9-18-13-7-3-11(4-8-13)14(16)17/h1-8H,9H2,(H3,16,17). The maximum absolute atomic E-state index is 7.29. The summed E-state index contributed by atoms with van der Waals surface area (Å²) in [5.41, 5.74) is 7.19. The number of amidine groups is 1. The molecule has 0 saturated heterocycles. The highest BCUT2D eigenvalue weighted by atomic mass is 79.9. The number of hydrogen-bond donors (Lipinski definition) is 2. The van der Waals surface area contributed by atoms with Crippen LogP contribution in [-0.2, 0) is 6.61 Å². The molecule has 0 aliphatic rings. The Kier molecular flexibility index (Phi) is 3.99. The number of benzene rings is 2. The normalized spacial score (nSPS) is 10.1. The molecule has 0 unspecified atom stereocenters. The molecule has 3 N–H and O–H groups in total. The zero-order valence-electron chi connectivity index (χ0n) is 9.69. The predicted octanol–water partition coefficient (Wildman–Crippen LogP) is 3.31. The van der Waals surface area contributed by atoms with E-state index in [2.05, 4.69) is 15.9 Å². The predicted molar refractivity (Wildman–Crippen MR) is 75.9 cm³/mol. The molecule has 0 radical (unpaired) electrons. The molecular formula is C14H13BrN2O. The summed E-state index contributed by atoms with van der Waals surface area (Å²) < 4.78 is 6.69. The monoisotopic (exact) mass is 304 g/mol. The van der Waals surface area contributed by atoms with Crippen LogP contribution in [0.4, 0.5) is 0 Å². The number of ether oxygens (including phenoxy) is 1. The number of halogens is 1. The number of hydrogen-bond acceptors (Lipinski definition) is 2. The second-order valence-electron chi connectivity index (χ2n) is 3.85. The number of rotatable bonds is 4. The van der Waals surface area contributed by atoms with E-state index in [1.165, 1.54) is 0 Å². The first-order valence-electron chi connectivity index (χ1n) is 5.47. The summed E-state index contributed by atoms with van der Waals surface area (Å²) in [5.74, 6) is 0.831. The Balaban J connectivity index is 1.97. The van der Waals surface area contributed by atoms with Crippen LogP contribution in [0, 0.1) is 5.41 Å². The number of nitrogen functional groups attached to an aromatic ring is 1. The van der Waals surface area contributed by atoms with Crippen LogP contribution >= 0.6 is 15.9 Å². The lowest BCUT2D eigenvalue weighted by molar-refractivity contribution is 0.306. The second-order valence-corrected chi connectivity index (χ2v) is 4.77. The van der Waals surface area contributed by atoms with E-state index in [4.69, 9.17) is 15.9 Å². The molecule has 0 amide bonds. The van der Waals surface area contributed by atoms with E-state index in [0.717, 1.165) is 15.8 Å². The first-order valence-corrected chi connectivity index (χ1v) is 6.26. The Bertz CT molecular complexity index is 535. The van der Waals surface area contributed by atoms with Gasteiger partial charge in [0.1, 0.15) is 18.2 Å². The fourth-order valence-electron chi connectivity index (χ4n) is 1.48. The molecule has 0 saturated carbocycles. The van der Waals surface area contributed by atoms with Gasteiger partial charge in [0.25, 0.3) is 0 Å². The molecule has 0 heterocycles. The fraction of sp³-hybridized carbons (Fsp3) is 0.0714. The van der Waals surface area contributed by atoms with Crippen LogP contribution in [0.3, 0.4) is 0 Å². The van der Waals surface area contributed by atoms with E-state index in [1.54, 1.807) is 12.1 Å². The van der Waals surface area contributed by atoms with Crippen molar-refractivity contribution in [2.75, 3.05) is 0 Å². The highest BCUT2D eigenvalue weighted by molar-refractivity contribution is 9.10. The summed E-state index contributed by atoms with van der Waals surface area (Å²) in [6.45, 7) is 0.521. The van der Waals surface area contributed by atoms with Crippen LogP contribution in [0.5, 0.6) is 5.75 Å². The van der Waals surface area contributed by atoms with Crippen LogP contribution in [0.25, 0.3) is 0 Å². The Morgan fingerprint density at radius 3 is 2.22 bits per heavy atom. The van der Waals surface area contributed by atoms with Crippen molar-refractivity contribution >= 4 is 21.8 Å². The molecule has 3 nitrogen and oxygen atoms in total. The smallest absolute Gasteiger partial charge is 0.122 e. The van der Waals surface area contributed by atoms with Crippen LogP contribution in [-0.4, -0.2) is 5.84 Å². The van der Waals surface area contributed by atoms with Gasteiger partial charge in [0.15, 0.2) is 0 Å². The second kappa shape index (κ2) is 5.69. The summed E-state index contributed by atoms with van der Waals surface area (Å²) >= 11 is 3.39. The number of nitrogens with one attached hydrogen (secondary N) is 1. The van der Waals surface area contributed by atoms with Gasteiger partial charge in [-0.1, -0.05) is 28.1 Å². The summed E-state index contributed by atoms with van der Waals surface area (Å²) in [6, 6.07) is 15.2. The van der Waals surface area contributed by atoms with Gasteiger partial charge < -0.3 is 10.5 Å². The molecule has 0 atom stereocenters. The van der Waals surface area contributed by atoms with Crippen molar-refractivity contribution in [3.63, 3.8) is 0 Å². The third-order valence-electron chi connectivity index (χ3n) is 2.48. The van der Waals surface area contributed by atoms with Gasteiger partial charge in [0, 0.05) is 10.0 Å².